The fourth-order valence-corrected chi connectivity index (χ4v) is 7.68. The Balaban J connectivity index is 3.95. The van der Waals surface area contributed by atoms with Gasteiger partial charge in [0, 0.05) is 19.3 Å². The van der Waals surface area contributed by atoms with Gasteiger partial charge in [-0.15, -0.1) is 0 Å². The van der Waals surface area contributed by atoms with Crippen LogP contribution in [-0.4, -0.2) is 37.2 Å². The summed E-state index contributed by atoms with van der Waals surface area (Å²) < 4.78 is 16.7. The van der Waals surface area contributed by atoms with Gasteiger partial charge in [0.1, 0.15) is 13.2 Å². The van der Waals surface area contributed by atoms with Crippen LogP contribution in [0.4, 0.5) is 0 Å². The Labute approximate surface area is 414 Å². The fourth-order valence-electron chi connectivity index (χ4n) is 7.68. The van der Waals surface area contributed by atoms with Crippen molar-refractivity contribution >= 4 is 17.9 Å². The summed E-state index contributed by atoms with van der Waals surface area (Å²) in [5.74, 6) is -0.898. The Morgan fingerprint density at radius 3 is 0.985 bits per heavy atom. The maximum absolute atomic E-state index is 12.7. The van der Waals surface area contributed by atoms with Crippen LogP contribution in [0, 0.1) is 0 Å². The first kappa shape index (κ1) is 63.6. The summed E-state index contributed by atoms with van der Waals surface area (Å²) in [6.07, 6.45) is 72.0. The Morgan fingerprint density at radius 1 is 0.313 bits per heavy atom. The van der Waals surface area contributed by atoms with E-state index in [-0.39, 0.29) is 31.1 Å². The fraction of sp³-hybridized carbons (Fsp3) is 0.721. The van der Waals surface area contributed by atoms with Crippen molar-refractivity contribution in [2.75, 3.05) is 13.2 Å². The van der Waals surface area contributed by atoms with Gasteiger partial charge in [0.2, 0.25) is 0 Å². The Hall–Kier alpha value is -3.41. The molecule has 0 fully saturated rings. The number of rotatable bonds is 50. The van der Waals surface area contributed by atoms with Crippen molar-refractivity contribution in [3.63, 3.8) is 0 Å². The van der Waals surface area contributed by atoms with Crippen molar-refractivity contribution in [1.82, 2.24) is 0 Å². The van der Waals surface area contributed by atoms with Crippen molar-refractivity contribution in [2.24, 2.45) is 0 Å². The number of carbonyl (C=O) groups excluding carboxylic acids is 3. The van der Waals surface area contributed by atoms with Crippen molar-refractivity contribution in [3.05, 3.63) is 85.1 Å². The molecule has 6 nitrogen and oxygen atoms in total. The highest BCUT2D eigenvalue weighted by Gasteiger charge is 2.19. The third-order valence-electron chi connectivity index (χ3n) is 11.9. The molecule has 67 heavy (non-hydrogen) atoms. The maximum atomic E-state index is 12.7. The van der Waals surface area contributed by atoms with E-state index in [1.807, 2.05) is 0 Å². The maximum Gasteiger partial charge on any atom is 0.306 e. The van der Waals surface area contributed by atoms with Crippen LogP contribution >= 0.6 is 0 Å². The topological polar surface area (TPSA) is 78.9 Å². The zero-order valence-corrected chi connectivity index (χ0v) is 43.9. The zero-order valence-electron chi connectivity index (χ0n) is 43.9. The Bertz CT molecular complexity index is 1300. The normalized spacial score (nSPS) is 12.7. The van der Waals surface area contributed by atoms with Crippen LogP contribution in [0.25, 0.3) is 0 Å². The minimum Gasteiger partial charge on any atom is -0.462 e. The number of allylic oxidation sites excluding steroid dienone is 14. The molecule has 1 atom stereocenters. The predicted molar refractivity (Wildman–Crippen MR) is 288 cm³/mol. The summed E-state index contributed by atoms with van der Waals surface area (Å²) in [5.41, 5.74) is 0. The molecule has 0 amide bonds. The van der Waals surface area contributed by atoms with Gasteiger partial charge >= 0.3 is 17.9 Å². The molecule has 6 heteroatoms. The molecule has 0 aromatic carbocycles. The number of hydrogen-bond acceptors (Lipinski definition) is 6. The number of unbranched alkanes of at least 4 members (excludes halogenated alkanes) is 25. The van der Waals surface area contributed by atoms with E-state index in [1.54, 1.807) is 0 Å². The third-order valence-corrected chi connectivity index (χ3v) is 11.9. The lowest BCUT2D eigenvalue weighted by atomic mass is 10.0. The van der Waals surface area contributed by atoms with Gasteiger partial charge in [-0.1, -0.05) is 241 Å². The molecule has 0 rings (SSSR count). The van der Waals surface area contributed by atoms with Crippen LogP contribution in [0.15, 0.2) is 85.1 Å². The van der Waals surface area contributed by atoms with Gasteiger partial charge in [0.15, 0.2) is 6.10 Å². The molecule has 384 valence electrons. The molecule has 0 aliphatic carbocycles. The van der Waals surface area contributed by atoms with Crippen molar-refractivity contribution in [3.8, 4) is 0 Å². The van der Waals surface area contributed by atoms with Crippen LogP contribution in [0.3, 0.4) is 0 Å². The van der Waals surface area contributed by atoms with E-state index in [0.717, 1.165) is 116 Å². The average molecular weight is 933 g/mol. The SMILES string of the molecule is CC/C=C\C/C=C\C/C=C\C/C=C\C/C=C\C/C=C\CCCCCCCCCCCCCCCCC(=O)OCC(COC(=O)CCCCCCCC)OC(=O)CCCCCCC/C=C\CCC. The molecule has 0 aliphatic heterocycles. The zero-order chi connectivity index (χ0) is 48.6. The van der Waals surface area contributed by atoms with Gasteiger partial charge in [0.25, 0.3) is 0 Å². The second-order valence-electron chi connectivity index (χ2n) is 18.5. The lowest BCUT2D eigenvalue weighted by molar-refractivity contribution is -0.167. The molecule has 0 spiro atoms. The smallest absolute Gasteiger partial charge is 0.306 e. The molecular weight excluding hydrogens is 829 g/mol. The molecular formula is C61H104O6. The van der Waals surface area contributed by atoms with Crippen LogP contribution in [-0.2, 0) is 28.6 Å². The van der Waals surface area contributed by atoms with E-state index in [4.69, 9.17) is 14.2 Å². The summed E-state index contributed by atoms with van der Waals surface area (Å²) in [4.78, 5) is 37.7. The van der Waals surface area contributed by atoms with Gasteiger partial charge in [-0.05, 0) is 89.9 Å². The van der Waals surface area contributed by atoms with Crippen LogP contribution in [0.1, 0.15) is 265 Å². The highest BCUT2D eigenvalue weighted by molar-refractivity contribution is 5.71. The van der Waals surface area contributed by atoms with Crippen molar-refractivity contribution in [2.45, 2.75) is 271 Å². The second-order valence-corrected chi connectivity index (χ2v) is 18.5. The first-order chi connectivity index (χ1) is 33.0. The van der Waals surface area contributed by atoms with Crippen molar-refractivity contribution < 1.29 is 28.6 Å². The second kappa shape index (κ2) is 55.2. The number of ether oxygens (including phenoxy) is 3. The van der Waals surface area contributed by atoms with E-state index in [1.165, 1.54) is 109 Å². The number of carbonyl (C=O) groups is 3. The first-order valence-corrected chi connectivity index (χ1v) is 28.1. The molecule has 1 unspecified atom stereocenters. The minimum absolute atomic E-state index is 0.0778. The summed E-state index contributed by atoms with van der Waals surface area (Å²) in [6, 6.07) is 0. The van der Waals surface area contributed by atoms with Gasteiger partial charge in [-0.2, -0.15) is 0 Å². The van der Waals surface area contributed by atoms with E-state index in [0.29, 0.717) is 19.3 Å². The van der Waals surface area contributed by atoms with Crippen LogP contribution in [0.5, 0.6) is 0 Å². The van der Waals surface area contributed by atoms with E-state index in [9.17, 15) is 14.4 Å². The van der Waals surface area contributed by atoms with E-state index < -0.39 is 6.10 Å². The summed E-state index contributed by atoms with van der Waals surface area (Å²) in [6.45, 7) is 6.39. The molecule has 0 bridgehead atoms. The van der Waals surface area contributed by atoms with Crippen LogP contribution < -0.4 is 0 Å². The molecule has 0 aromatic heterocycles. The Kier molecular flexibility index (Phi) is 52.4. The van der Waals surface area contributed by atoms with E-state index >= 15 is 0 Å². The third kappa shape index (κ3) is 53.4. The molecule has 0 aliphatic rings. The molecule has 0 saturated carbocycles. The Morgan fingerprint density at radius 2 is 0.612 bits per heavy atom. The highest BCUT2D eigenvalue weighted by atomic mass is 16.6. The lowest BCUT2D eigenvalue weighted by Crippen LogP contribution is -2.30. The monoisotopic (exact) mass is 933 g/mol. The average Bonchev–Trinajstić information content (AvgIpc) is 3.33. The highest BCUT2D eigenvalue weighted by Crippen LogP contribution is 2.15. The van der Waals surface area contributed by atoms with Gasteiger partial charge < -0.3 is 14.2 Å². The van der Waals surface area contributed by atoms with Crippen LogP contribution in [0.2, 0.25) is 0 Å². The molecule has 0 radical (unpaired) electrons. The lowest BCUT2D eigenvalue weighted by Gasteiger charge is -2.18. The van der Waals surface area contributed by atoms with E-state index in [2.05, 4.69) is 106 Å². The van der Waals surface area contributed by atoms with Gasteiger partial charge in [-0.3, -0.25) is 14.4 Å². The quantitative estimate of drug-likeness (QED) is 0.0262. The molecule has 0 N–H and O–H groups in total. The standard InChI is InChI=1S/C61H104O6/c1-4-7-10-13-16-18-20-21-22-23-24-25-26-27-28-29-30-31-32-33-34-35-36-37-38-39-40-41-42-44-45-48-51-54-60(63)66-57-58(56-65-59(62)53-50-47-15-12-9-6-3)67-61(64)55-52-49-46-43-19-17-14-11-8-5-2/h7,10-11,14,16,18,21-22,24-25,27-28,30-31,58H,4-6,8-9,12-13,15,17,19-20,23,26,29,32-57H2,1-3H3/b10-7-,14-11-,18-16-,22-21-,25-24-,28-27-,31-30-. The first-order valence-electron chi connectivity index (χ1n) is 28.1. The predicted octanol–water partition coefficient (Wildman–Crippen LogP) is 18.8. The molecule has 0 heterocycles. The molecule has 0 aromatic rings. The molecule has 0 saturated heterocycles. The van der Waals surface area contributed by atoms with Gasteiger partial charge in [0.05, 0.1) is 0 Å². The number of esters is 3. The summed E-state index contributed by atoms with van der Waals surface area (Å²) in [5, 5.41) is 0. The summed E-state index contributed by atoms with van der Waals surface area (Å²) >= 11 is 0. The number of hydrogen-bond donors (Lipinski definition) is 0. The largest absolute Gasteiger partial charge is 0.462 e. The van der Waals surface area contributed by atoms with Gasteiger partial charge in [-0.25, -0.2) is 0 Å². The van der Waals surface area contributed by atoms with Crippen molar-refractivity contribution in [1.29, 1.82) is 0 Å². The minimum atomic E-state index is -0.774. The summed E-state index contributed by atoms with van der Waals surface area (Å²) in [7, 11) is 0.